The molecule has 0 radical (unpaired) electrons. The molecule has 2 atom stereocenters. The van der Waals surface area contributed by atoms with Gasteiger partial charge in [0.1, 0.15) is 6.17 Å². The normalized spacial score (nSPS) is 20.9. The number of carbonyl (C=O) groups is 1. The Morgan fingerprint density at radius 2 is 2.21 bits per heavy atom. The molecule has 0 saturated carbocycles. The van der Waals surface area contributed by atoms with E-state index in [2.05, 4.69) is 31.3 Å². The van der Waals surface area contributed by atoms with E-state index >= 15 is 0 Å². The van der Waals surface area contributed by atoms with Crippen molar-refractivity contribution in [3.63, 3.8) is 0 Å². The summed E-state index contributed by atoms with van der Waals surface area (Å²) in [6.07, 6.45) is -0.00648. The number of hydrogen-bond donors (Lipinski definition) is 1. The zero-order chi connectivity index (χ0) is 13.8. The van der Waals surface area contributed by atoms with Crippen LogP contribution in [0.2, 0.25) is 0 Å². The van der Waals surface area contributed by atoms with E-state index in [9.17, 15) is 4.79 Å². The smallest absolute Gasteiger partial charge is 0.238 e. The number of benzene rings is 1. The third kappa shape index (κ3) is 3.14. The van der Waals surface area contributed by atoms with Crippen LogP contribution in [0, 0.1) is 12.8 Å². The Labute approximate surface area is 114 Å². The summed E-state index contributed by atoms with van der Waals surface area (Å²) in [5, 5.41) is 3.30. The second-order valence-electron chi connectivity index (χ2n) is 5.25. The molecule has 0 spiro atoms. The molecule has 1 aliphatic rings. The van der Waals surface area contributed by atoms with Gasteiger partial charge in [-0.25, -0.2) is 0 Å². The summed E-state index contributed by atoms with van der Waals surface area (Å²) in [6.45, 7) is 5.99. The van der Waals surface area contributed by atoms with Crippen LogP contribution in [-0.4, -0.2) is 37.6 Å². The van der Waals surface area contributed by atoms with Gasteiger partial charge in [-0.15, -0.1) is 0 Å². The third-order valence-corrected chi connectivity index (χ3v) is 3.52. The highest BCUT2D eigenvalue weighted by atomic mass is 16.5. The lowest BCUT2D eigenvalue weighted by Crippen LogP contribution is -2.35. The summed E-state index contributed by atoms with van der Waals surface area (Å²) >= 11 is 0. The Morgan fingerprint density at radius 1 is 1.47 bits per heavy atom. The van der Waals surface area contributed by atoms with Gasteiger partial charge in [0.25, 0.3) is 0 Å². The summed E-state index contributed by atoms with van der Waals surface area (Å²) in [6, 6.07) is 8.20. The Kier molecular flexibility index (Phi) is 4.56. The van der Waals surface area contributed by atoms with Crippen molar-refractivity contribution < 1.29 is 9.53 Å². The molecule has 1 aromatic carbocycles. The molecular formula is C15H22N2O2. The number of hydrogen-bond acceptors (Lipinski definition) is 3. The first-order valence-corrected chi connectivity index (χ1v) is 6.70. The molecule has 2 rings (SSSR count). The molecule has 4 heteroatoms. The third-order valence-electron chi connectivity index (χ3n) is 3.52. The number of carbonyl (C=O) groups excluding carboxylic acids is 1. The van der Waals surface area contributed by atoms with Crippen molar-refractivity contribution in [3.05, 3.63) is 35.4 Å². The van der Waals surface area contributed by atoms with Crippen molar-refractivity contribution >= 4 is 5.91 Å². The maximum Gasteiger partial charge on any atom is 0.238 e. The van der Waals surface area contributed by atoms with Crippen molar-refractivity contribution in [2.75, 3.05) is 26.8 Å². The predicted molar refractivity (Wildman–Crippen MR) is 74.7 cm³/mol. The SMILES string of the molecule is COCC(C)CN1C(=O)CNC1c1ccccc1C. The Morgan fingerprint density at radius 3 is 2.89 bits per heavy atom. The number of nitrogens with one attached hydrogen (secondary N) is 1. The van der Waals surface area contributed by atoms with E-state index in [0.29, 0.717) is 19.1 Å². The lowest BCUT2D eigenvalue weighted by Gasteiger charge is -2.28. The van der Waals surface area contributed by atoms with E-state index < -0.39 is 0 Å². The van der Waals surface area contributed by atoms with Crippen LogP contribution in [0.1, 0.15) is 24.2 Å². The first-order chi connectivity index (χ1) is 9.13. The van der Waals surface area contributed by atoms with Gasteiger partial charge < -0.3 is 9.64 Å². The van der Waals surface area contributed by atoms with Gasteiger partial charge in [0, 0.05) is 13.7 Å². The molecule has 1 heterocycles. The van der Waals surface area contributed by atoms with Crippen molar-refractivity contribution in [2.24, 2.45) is 5.92 Å². The lowest BCUT2D eigenvalue weighted by atomic mass is 10.1. The maximum absolute atomic E-state index is 12.0. The fraction of sp³-hybridized carbons (Fsp3) is 0.533. The van der Waals surface area contributed by atoms with Crippen LogP contribution in [0.25, 0.3) is 0 Å². The quantitative estimate of drug-likeness (QED) is 0.878. The molecule has 1 aliphatic heterocycles. The number of ether oxygens (including phenoxy) is 1. The summed E-state index contributed by atoms with van der Waals surface area (Å²) in [5.74, 6) is 0.497. The van der Waals surface area contributed by atoms with Gasteiger partial charge in [-0.3, -0.25) is 10.1 Å². The van der Waals surface area contributed by atoms with Gasteiger partial charge in [0.2, 0.25) is 5.91 Å². The first-order valence-electron chi connectivity index (χ1n) is 6.70. The van der Waals surface area contributed by atoms with E-state index in [1.54, 1.807) is 7.11 Å². The van der Waals surface area contributed by atoms with E-state index in [1.165, 1.54) is 11.1 Å². The highest BCUT2D eigenvalue weighted by Gasteiger charge is 2.32. The minimum Gasteiger partial charge on any atom is -0.384 e. The topological polar surface area (TPSA) is 41.6 Å². The molecule has 1 aromatic rings. The molecule has 0 bridgehead atoms. The molecule has 1 saturated heterocycles. The van der Waals surface area contributed by atoms with Gasteiger partial charge >= 0.3 is 0 Å². The minimum atomic E-state index is -0.00648. The maximum atomic E-state index is 12.0. The zero-order valence-corrected chi connectivity index (χ0v) is 11.8. The monoisotopic (exact) mass is 262 g/mol. The van der Waals surface area contributed by atoms with Crippen molar-refractivity contribution in [2.45, 2.75) is 20.0 Å². The Hall–Kier alpha value is -1.39. The number of amides is 1. The van der Waals surface area contributed by atoms with Crippen LogP contribution in [0.4, 0.5) is 0 Å². The summed E-state index contributed by atoms with van der Waals surface area (Å²) in [4.78, 5) is 14.0. The van der Waals surface area contributed by atoms with Crippen LogP contribution >= 0.6 is 0 Å². The standard InChI is InChI=1S/C15H22N2O2/c1-11(10-19-3)9-17-14(18)8-16-15(17)13-7-5-4-6-12(13)2/h4-7,11,15-16H,8-10H2,1-3H3. The summed E-state index contributed by atoms with van der Waals surface area (Å²) < 4.78 is 5.16. The van der Waals surface area contributed by atoms with Gasteiger partial charge in [-0.1, -0.05) is 31.2 Å². The fourth-order valence-corrected chi connectivity index (χ4v) is 2.59. The van der Waals surface area contributed by atoms with Crippen molar-refractivity contribution in [3.8, 4) is 0 Å². The minimum absolute atomic E-state index is 0.00648. The van der Waals surface area contributed by atoms with Gasteiger partial charge in [-0.2, -0.15) is 0 Å². The number of aryl methyl sites for hydroxylation is 1. The second kappa shape index (κ2) is 6.17. The highest BCUT2D eigenvalue weighted by Crippen LogP contribution is 2.25. The van der Waals surface area contributed by atoms with E-state index in [-0.39, 0.29) is 12.1 Å². The molecule has 4 nitrogen and oxygen atoms in total. The average molecular weight is 262 g/mol. The fourth-order valence-electron chi connectivity index (χ4n) is 2.59. The Bertz CT molecular complexity index is 448. The average Bonchev–Trinajstić information content (AvgIpc) is 2.72. The summed E-state index contributed by atoms with van der Waals surface area (Å²) in [7, 11) is 1.69. The van der Waals surface area contributed by atoms with E-state index in [0.717, 1.165) is 6.54 Å². The van der Waals surface area contributed by atoms with Gasteiger partial charge in [0.15, 0.2) is 0 Å². The molecule has 0 aliphatic carbocycles. The molecular weight excluding hydrogens is 240 g/mol. The van der Waals surface area contributed by atoms with Crippen molar-refractivity contribution in [1.82, 2.24) is 10.2 Å². The van der Waals surface area contributed by atoms with Gasteiger partial charge in [0.05, 0.1) is 13.2 Å². The first kappa shape index (κ1) is 14.0. The molecule has 1 N–H and O–H groups in total. The van der Waals surface area contributed by atoms with Crippen LogP contribution in [0.15, 0.2) is 24.3 Å². The molecule has 0 aromatic heterocycles. The van der Waals surface area contributed by atoms with Crippen LogP contribution in [0.3, 0.4) is 0 Å². The van der Waals surface area contributed by atoms with E-state index in [4.69, 9.17) is 4.74 Å². The largest absolute Gasteiger partial charge is 0.384 e. The predicted octanol–water partition coefficient (Wildman–Crippen LogP) is 1.71. The van der Waals surface area contributed by atoms with Crippen LogP contribution < -0.4 is 5.32 Å². The zero-order valence-electron chi connectivity index (χ0n) is 11.8. The molecule has 104 valence electrons. The molecule has 1 amide bonds. The molecule has 2 unspecified atom stereocenters. The highest BCUT2D eigenvalue weighted by molar-refractivity contribution is 5.81. The number of rotatable bonds is 5. The van der Waals surface area contributed by atoms with Crippen LogP contribution in [-0.2, 0) is 9.53 Å². The number of methoxy groups -OCH3 is 1. The van der Waals surface area contributed by atoms with Gasteiger partial charge in [-0.05, 0) is 24.0 Å². The summed E-state index contributed by atoms with van der Waals surface area (Å²) in [5.41, 5.74) is 2.39. The van der Waals surface area contributed by atoms with E-state index in [1.807, 2.05) is 17.0 Å². The van der Waals surface area contributed by atoms with Crippen LogP contribution in [0.5, 0.6) is 0 Å². The second-order valence-corrected chi connectivity index (χ2v) is 5.25. The number of nitrogens with zero attached hydrogens (tertiary/aromatic N) is 1. The Balaban J connectivity index is 2.15. The molecule has 1 fully saturated rings. The van der Waals surface area contributed by atoms with Crippen molar-refractivity contribution in [1.29, 1.82) is 0 Å². The molecule has 19 heavy (non-hydrogen) atoms. The lowest BCUT2D eigenvalue weighted by molar-refractivity contribution is -0.128.